The van der Waals surface area contributed by atoms with Crippen LogP contribution in [0.15, 0.2) is 12.2 Å². The van der Waals surface area contributed by atoms with Gasteiger partial charge in [0.05, 0.1) is 0 Å². The number of ether oxygens (including phenoxy) is 1. The van der Waals surface area contributed by atoms with Gasteiger partial charge in [-0.3, -0.25) is 0 Å². The van der Waals surface area contributed by atoms with Gasteiger partial charge in [0.1, 0.15) is 0 Å². The van der Waals surface area contributed by atoms with Crippen molar-refractivity contribution in [1.29, 1.82) is 0 Å². The lowest BCUT2D eigenvalue weighted by atomic mass is 10.1. The van der Waals surface area contributed by atoms with Gasteiger partial charge in [-0.15, -0.1) is 0 Å². The molecule has 0 bridgehead atoms. The first-order valence-electron chi connectivity index (χ1n) is 5.05. The average molecular weight is 170 g/mol. The molecule has 0 aromatic carbocycles. The molecule has 0 fully saturated rings. The molecule has 0 heterocycles. The van der Waals surface area contributed by atoms with Gasteiger partial charge in [0.15, 0.2) is 0 Å². The van der Waals surface area contributed by atoms with E-state index in [1.807, 2.05) is 0 Å². The van der Waals surface area contributed by atoms with Crippen LogP contribution in [0, 0.1) is 0 Å². The first-order valence-corrected chi connectivity index (χ1v) is 5.05. The zero-order chi connectivity index (χ0) is 9.07. The van der Waals surface area contributed by atoms with Crippen LogP contribution in [0.2, 0.25) is 0 Å². The number of hydrogen-bond donors (Lipinski definition) is 0. The highest BCUT2D eigenvalue weighted by Gasteiger charge is 1.87. The van der Waals surface area contributed by atoms with Crippen molar-refractivity contribution in [2.75, 3.05) is 13.7 Å². The van der Waals surface area contributed by atoms with E-state index in [1.165, 1.54) is 38.5 Å². The van der Waals surface area contributed by atoms with Crippen molar-refractivity contribution in [3.8, 4) is 0 Å². The predicted octanol–water partition coefficient (Wildman–Crippen LogP) is 3.55. The van der Waals surface area contributed by atoms with E-state index in [2.05, 4.69) is 19.1 Å². The van der Waals surface area contributed by atoms with E-state index in [4.69, 9.17) is 4.74 Å². The van der Waals surface area contributed by atoms with Gasteiger partial charge < -0.3 is 4.74 Å². The lowest BCUT2D eigenvalue weighted by Crippen LogP contribution is -1.87. The Bertz CT molecular complexity index is 97.2. The Hall–Kier alpha value is -0.300. The summed E-state index contributed by atoms with van der Waals surface area (Å²) in [6.07, 6.45) is 12.2. The minimum absolute atomic E-state index is 0.921. The molecule has 0 aromatic heterocycles. The second-order valence-corrected chi connectivity index (χ2v) is 3.08. The van der Waals surface area contributed by atoms with E-state index in [0.717, 1.165) is 6.61 Å². The second kappa shape index (κ2) is 10.7. The molecule has 0 amide bonds. The maximum absolute atomic E-state index is 4.97. The number of rotatable bonds is 8. The van der Waals surface area contributed by atoms with Crippen LogP contribution in [-0.4, -0.2) is 13.7 Å². The standard InChI is InChI=1S/C11H22O/c1-3-4-5-6-7-8-9-10-11-12-2/h4-5H,3,6-11H2,1-2H3/b5-4+. The maximum Gasteiger partial charge on any atom is 0.0462 e. The molecule has 1 heteroatoms. The first kappa shape index (κ1) is 11.7. The van der Waals surface area contributed by atoms with Crippen molar-refractivity contribution < 1.29 is 4.74 Å². The number of unbranched alkanes of at least 4 members (excludes halogenated alkanes) is 4. The molecule has 0 saturated carbocycles. The topological polar surface area (TPSA) is 9.23 Å². The third-order valence-electron chi connectivity index (χ3n) is 1.87. The van der Waals surface area contributed by atoms with E-state index in [9.17, 15) is 0 Å². The highest BCUT2D eigenvalue weighted by molar-refractivity contribution is 4.79. The second-order valence-electron chi connectivity index (χ2n) is 3.08. The summed E-state index contributed by atoms with van der Waals surface area (Å²) >= 11 is 0. The number of allylic oxidation sites excluding steroid dienone is 2. The maximum atomic E-state index is 4.97. The molecule has 1 nitrogen and oxygen atoms in total. The number of methoxy groups -OCH3 is 1. The van der Waals surface area contributed by atoms with Gasteiger partial charge in [-0.2, -0.15) is 0 Å². The first-order chi connectivity index (χ1) is 5.91. The summed E-state index contributed by atoms with van der Waals surface area (Å²) in [7, 11) is 1.77. The fourth-order valence-corrected chi connectivity index (χ4v) is 1.15. The Morgan fingerprint density at radius 2 is 1.75 bits per heavy atom. The molecule has 0 atom stereocenters. The van der Waals surface area contributed by atoms with Crippen LogP contribution in [0.3, 0.4) is 0 Å². The number of hydrogen-bond acceptors (Lipinski definition) is 1. The molecule has 0 radical (unpaired) electrons. The van der Waals surface area contributed by atoms with E-state index in [0.29, 0.717) is 0 Å². The SMILES string of the molecule is CC/C=C/CCCCCCOC. The summed E-state index contributed by atoms with van der Waals surface area (Å²) in [5.74, 6) is 0. The van der Waals surface area contributed by atoms with Crippen LogP contribution in [0.5, 0.6) is 0 Å². The Morgan fingerprint density at radius 1 is 1.00 bits per heavy atom. The smallest absolute Gasteiger partial charge is 0.0462 e. The molecule has 0 rings (SSSR count). The van der Waals surface area contributed by atoms with Gasteiger partial charge in [-0.1, -0.05) is 31.9 Å². The van der Waals surface area contributed by atoms with Gasteiger partial charge in [0.25, 0.3) is 0 Å². The Morgan fingerprint density at radius 3 is 2.42 bits per heavy atom. The molecular weight excluding hydrogens is 148 g/mol. The van der Waals surface area contributed by atoms with Gasteiger partial charge in [-0.25, -0.2) is 0 Å². The van der Waals surface area contributed by atoms with Gasteiger partial charge in [0.2, 0.25) is 0 Å². The molecular formula is C11H22O. The summed E-state index contributed by atoms with van der Waals surface area (Å²) < 4.78 is 4.97. The molecule has 0 saturated heterocycles. The monoisotopic (exact) mass is 170 g/mol. The lowest BCUT2D eigenvalue weighted by molar-refractivity contribution is 0.192. The Kier molecular flexibility index (Phi) is 10.4. The summed E-state index contributed by atoms with van der Waals surface area (Å²) in [6.45, 7) is 3.10. The molecule has 0 aliphatic rings. The van der Waals surface area contributed by atoms with E-state index in [1.54, 1.807) is 7.11 Å². The van der Waals surface area contributed by atoms with Crippen LogP contribution in [0.25, 0.3) is 0 Å². The van der Waals surface area contributed by atoms with Crippen molar-refractivity contribution in [2.45, 2.75) is 45.4 Å². The zero-order valence-corrected chi connectivity index (χ0v) is 8.51. The van der Waals surface area contributed by atoms with E-state index >= 15 is 0 Å². The van der Waals surface area contributed by atoms with Crippen LogP contribution >= 0.6 is 0 Å². The predicted molar refractivity (Wildman–Crippen MR) is 54.4 cm³/mol. The summed E-state index contributed by atoms with van der Waals surface area (Å²) in [6, 6.07) is 0. The summed E-state index contributed by atoms with van der Waals surface area (Å²) in [5, 5.41) is 0. The molecule has 0 spiro atoms. The van der Waals surface area contributed by atoms with E-state index < -0.39 is 0 Å². The molecule has 0 aliphatic carbocycles. The largest absolute Gasteiger partial charge is 0.385 e. The normalized spacial score (nSPS) is 11.2. The summed E-state index contributed by atoms with van der Waals surface area (Å²) in [5.41, 5.74) is 0. The fourth-order valence-electron chi connectivity index (χ4n) is 1.15. The minimum Gasteiger partial charge on any atom is -0.385 e. The van der Waals surface area contributed by atoms with E-state index in [-0.39, 0.29) is 0 Å². The minimum atomic E-state index is 0.921. The molecule has 0 aliphatic heterocycles. The molecule has 0 N–H and O–H groups in total. The van der Waals surface area contributed by atoms with Crippen LogP contribution < -0.4 is 0 Å². The highest BCUT2D eigenvalue weighted by atomic mass is 16.5. The third-order valence-corrected chi connectivity index (χ3v) is 1.87. The van der Waals surface area contributed by atoms with Crippen molar-refractivity contribution in [1.82, 2.24) is 0 Å². The van der Waals surface area contributed by atoms with Crippen molar-refractivity contribution >= 4 is 0 Å². The molecule has 72 valence electrons. The van der Waals surface area contributed by atoms with Crippen molar-refractivity contribution in [2.24, 2.45) is 0 Å². The van der Waals surface area contributed by atoms with Gasteiger partial charge in [0, 0.05) is 13.7 Å². The van der Waals surface area contributed by atoms with Crippen LogP contribution in [-0.2, 0) is 4.74 Å². The zero-order valence-electron chi connectivity index (χ0n) is 8.51. The van der Waals surface area contributed by atoms with Crippen molar-refractivity contribution in [3.05, 3.63) is 12.2 Å². The molecule has 12 heavy (non-hydrogen) atoms. The van der Waals surface area contributed by atoms with Crippen LogP contribution in [0.1, 0.15) is 45.4 Å². The quantitative estimate of drug-likeness (QED) is 0.400. The molecule has 0 unspecified atom stereocenters. The van der Waals surface area contributed by atoms with Gasteiger partial charge in [-0.05, 0) is 25.7 Å². The Labute approximate surface area is 76.8 Å². The van der Waals surface area contributed by atoms with Gasteiger partial charge >= 0.3 is 0 Å². The average Bonchev–Trinajstić information content (AvgIpc) is 2.10. The summed E-state index contributed by atoms with van der Waals surface area (Å²) in [4.78, 5) is 0. The molecule has 0 aromatic rings. The van der Waals surface area contributed by atoms with Crippen molar-refractivity contribution in [3.63, 3.8) is 0 Å². The fraction of sp³-hybridized carbons (Fsp3) is 0.818. The highest BCUT2D eigenvalue weighted by Crippen LogP contribution is 2.03. The third kappa shape index (κ3) is 9.70. The Balaban J connectivity index is 2.86. The lowest BCUT2D eigenvalue weighted by Gasteiger charge is -1.97. The van der Waals surface area contributed by atoms with Crippen LogP contribution in [0.4, 0.5) is 0 Å².